The van der Waals surface area contributed by atoms with Crippen molar-refractivity contribution in [3.05, 3.63) is 72.1 Å². The minimum atomic E-state index is -0.296. The standard InChI is InChI=1S/C19H18N4O2/c1-13-8-9-17(25-2)16(10-13)23-18(24)14-11-20-19(21-12-14)22-15-6-4-3-5-7-15/h3-12H,1-2H3,(H,23,24)(H,20,21,22). The smallest absolute Gasteiger partial charge is 0.258 e. The highest BCUT2D eigenvalue weighted by Gasteiger charge is 2.11. The van der Waals surface area contributed by atoms with Gasteiger partial charge in [-0.3, -0.25) is 4.79 Å². The van der Waals surface area contributed by atoms with Crippen molar-refractivity contribution in [2.24, 2.45) is 0 Å². The molecular weight excluding hydrogens is 316 g/mol. The number of nitrogens with zero attached hydrogens (tertiary/aromatic N) is 2. The van der Waals surface area contributed by atoms with Crippen LogP contribution in [-0.4, -0.2) is 23.0 Å². The summed E-state index contributed by atoms with van der Waals surface area (Å²) in [6.45, 7) is 1.95. The normalized spacial score (nSPS) is 10.2. The zero-order valence-corrected chi connectivity index (χ0v) is 14.0. The Kier molecular flexibility index (Phi) is 4.89. The predicted octanol–water partition coefficient (Wildman–Crippen LogP) is 3.79. The van der Waals surface area contributed by atoms with Gasteiger partial charge in [-0.15, -0.1) is 0 Å². The van der Waals surface area contributed by atoms with E-state index >= 15 is 0 Å². The van der Waals surface area contributed by atoms with Gasteiger partial charge < -0.3 is 15.4 Å². The lowest BCUT2D eigenvalue weighted by molar-refractivity contribution is 0.102. The zero-order valence-electron chi connectivity index (χ0n) is 14.0. The minimum absolute atomic E-state index is 0.296. The van der Waals surface area contributed by atoms with Gasteiger partial charge in [0.2, 0.25) is 5.95 Å². The maximum Gasteiger partial charge on any atom is 0.258 e. The molecule has 3 aromatic rings. The molecule has 25 heavy (non-hydrogen) atoms. The molecule has 6 nitrogen and oxygen atoms in total. The number of rotatable bonds is 5. The van der Waals surface area contributed by atoms with Gasteiger partial charge in [-0.05, 0) is 36.8 Å². The lowest BCUT2D eigenvalue weighted by Gasteiger charge is -2.11. The molecule has 0 atom stereocenters. The third kappa shape index (κ3) is 4.11. The summed E-state index contributed by atoms with van der Waals surface area (Å²) in [5.74, 6) is 0.730. The van der Waals surface area contributed by atoms with Gasteiger partial charge >= 0.3 is 0 Å². The Bertz CT molecular complexity index is 864. The molecule has 126 valence electrons. The third-order valence-electron chi connectivity index (χ3n) is 3.55. The first-order valence-corrected chi connectivity index (χ1v) is 7.76. The van der Waals surface area contributed by atoms with E-state index in [-0.39, 0.29) is 5.91 Å². The molecule has 1 heterocycles. The van der Waals surface area contributed by atoms with Crippen molar-refractivity contribution >= 4 is 23.2 Å². The number of ether oxygens (including phenoxy) is 1. The van der Waals surface area contributed by atoms with Gasteiger partial charge in [-0.2, -0.15) is 0 Å². The molecule has 0 unspecified atom stereocenters. The minimum Gasteiger partial charge on any atom is -0.495 e. The fourth-order valence-electron chi connectivity index (χ4n) is 2.27. The number of methoxy groups -OCH3 is 1. The number of anilines is 3. The molecule has 3 rings (SSSR count). The van der Waals surface area contributed by atoms with E-state index in [1.165, 1.54) is 12.4 Å². The molecule has 0 aliphatic rings. The Hall–Kier alpha value is -3.41. The van der Waals surface area contributed by atoms with Crippen molar-refractivity contribution in [2.45, 2.75) is 6.92 Å². The molecule has 0 fully saturated rings. The number of para-hydroxylation sites is 1. The SMILES string of the molecule is COc1ccc(C)cc1NC(=O)c1cnc(Nc2ccccc2)nc1. The van der Waals surface area contributed by atoms with Gasteiger partial charge in [-0.1, -0.05) is 24.3 Å². The average Bonchev–Trinajstić information content (AvgIpc) is 2.63. The molecule has 2 aromatic carbocycles. The first-order chi connectivity index (χ1) is 12.2. The molecule has 0 saturated carbocycles. The van der Waals surface area contributed by atoms with E-state index in [2.05, 4.69) is 20.6 Å². The molecule has 0 radical (unpaired) electrons. The van der Waals surface area contributed by atoms with Crippen molar-refractivity contribution in [3.8, 4) is 5.75 Å². The van der Waals surface area contributed by atoms with Crippen LogP contribution in [0.5, 0.6) is 5.75 Å². The maximum atomic E-state index is 12.4. The second kappa shape index (κ2) is 7.44. The Morgan fingerprint density at radius 3 is 2.44 bits per heavy atom. The largest absolute Gasteiger partial charge is 0.495 e. The third-order valence-corrected chi connectivity index (χ3v) is 3.55. The van der Waals surface area contributed by atoms with E-state index in [9.17, 15) is 4.79 Å². The maximum absolute atomic E-state index is 12.4. The second-order valence-electron chi connectivity index (χ2n) is 5.44. The van der Waals surface area contributed by atoms with Crippen LogP contribution < -0.4 is 15.4 Å². The number of amides is 1. The monoisotopic (exact) mass is 334 g/mol. The molecule has 1 aromatic heterocycles. The van der Waals surface area contributed by atoms with Crippen LogP contribution in [0, 0.1) is 6.92 Å². The van der Waals surface area contributed by atoms with E-state index in [1.807, 2.05) is 55.5 Å². The van der Waals surface area contributed by atoms with Crippen LogP contribution in [0.25, 0.3) is 0 Å². The van der Waals surface area contributed by atoms with Crippen molar-refractivity contribution in [1.82, 2.24) is 9.97 Å². The summed E-state index contributed by atoms with van der Waals surface area (Å²) in [6.07, 6.45) is 2.96. The lowest BCUT2D eigenvalue weighted by Crippen LogP contribution is -2.14. The van der Waals surface area contributed by atoms with E-state index in [0.29, 0.717) is 22.9 Å². The fourth-order valence-corrected chi connectivity index (χ4v) is 2.27. The Labute approximate surface area is 145 Å². The molecular formula is C19H18N4O2. The summed E-state index contributed by atoms with van der Waals surface area (Å²) in [7, 11) is 1.56. The number of benzene rings is 2. The number of carbonyl (C=O) groups excluding carboxylic acids is 1. The summed E-state index contributed by atoms with van der Waals surface area (Å²) < 4.78 is 5.27. The van der Waals surface area contributed by atoms with E-state index in [4.69, 9.17) is 4.74 Å². The highest BCUT2D eigenvalue weighted by Crippen LogP contribution is 2.25. The van der Waals surface area contributed by atoms with Crippen LogP contribution in [0.15, 0.2) is 60.9 Å². The topological polar surface area (TPSA) is 76.1 Å². The Balaban J connectivity index is 1.72. The van der Waals surface area contributed by atoms with Gasteiger partial charge in [0.25, 0.3) is 5.91 Å². The van der Waals surface area contributed by atoms with Gasteiger partial charge in [-0.25, -0.2) is 9.97 Å². The van der Waals surface area contributed by atoms with Crippen LogP contribution in [-0.2, 0) is 0 Å². The fraction of sp³-hybridized carbons (Fsp3) is 0.105. The summed E-state index contributed by atoms with van der Waals surface area (Å²) >= 11 is 0. The molecule has 0 aliphatic carbocycles. The van der Waals surface area contributed by atoms with Crippen molar-refractivity contribution in [2.75, 3.05) is 17.7 Å². The van der Waals surface area contributed by atoms with Crippen molar-refractivity contribution < 1.29 is 9.53 Å². The first-order valence-electron chi connectivity index (χ1n) is 7.76. The average molecular weight is 334 g/mol. The molecule has 0 saturated heterocycles. The summed E-state index contributed by atoms with van der Waals surface area (Å²) in [5.41, 5.74) is 2.88. The van der Waals surface area contributed by atoms with Gasteiger partial charge in [0.1, 0.15) is 5.75 Å². The van der Waals surface area contributed by atoms with Gasteiger partial charge in [0.15, 0.2) is 0 Å². The highest BCUT2D eigenvalue weighted by atomic mass is 16.5. The molecule has 1 amide bonds. The van der Waals surface area contributed by atoms with Crippen LogP contribution in [0.1, 0.15) is 15.9 Å². The molecule has 0 aliphatic heterocycles. The Morgan fingerprint density at radius 1 is 1.04 bits per heavy atom. The van der Waals surface area contributed by atoms with E-state index in [1.54, 1.807) is 7.11 Å². The summed E-state index contributed by atoms with van der Waals surface area (Å²) in [6, 6.07) is 15.2. The molecule has 0 bridgehead atoms. The number of hydrogen-bond acceptors (Lipinski definition) is 5. The first kappa shape index (κ1) is 16.4. The molecule has 0 spiro atoms. The van der Waals surface area contributed by atoms with Crippen molar-refractivity contribution in [3.63, 3.8) is 0 Å². The second-order valence-corrected chi connectivity index (χ2v) is 5.44. The number of nitrogens with one attached hydrogen (secondary N) is 2. The summed E-state index contributed by atoms with van der Waals surface area (Å²) in [4.78, 5) is 20.8. The Morgan fingerprint density at radius 2 is 1.76 bits per heavy atom. The van der Waals surface area contributed by atoms with Crippen LogP contribution in [0.2, 0.25) is 0 Å². The van der Waals surface area contributed by atoms with Crippen LogP contribution >= 0.6 is 0 Å². The number of aromatic nitrogens is 2. The number of carbonyl (C=O) groups is 1. The lowest BCUT2D eigenvalue weighted by atomic mass is 10.2. The highest BCUT2D eigenvalue weighted by molar-refractivity contribution is 6.04. The van der Waals surface area contributed by atoms with Gasteiger partial charge in [0, 0.05) is 18.1 Å². The summed E-state index contributed by atoms with van der Waals surface area (Å²) in [5, 5.41) is 5.89. The number of aryl methyl sites for hydroxylation is 1. The quantitative estimate of drug-likeness (QED) is 0.742. The van der Waals surface area contributed by atoms with Crippen molar-refractivity contribution in [1.29, 1.82) is 0 Å². The molecule has 2 N–H and O–H groups in total. The van der Waals surface area contributed by atoms with E-state index in [0.717, 1.165) is 11.3 Å². The molecule has 6 heteroatoms. The zero-order chi connectivity index (χ0) is 17.6. The van der Waals surface area contributed by atoms with Crippen LogP contribution in [0.4, 0.5) is 17.3 Å². The predicted molar refractivity (Wildman–Crippen MR) is 97.4 cm³/mol. The van der Waals surface area contributed by atoms with E-state index < -0.39 is 0 Å². The van der Waals surface area contributed by atoms with Gasteiger partial charge in [0.05, 0.1) is 18.4 Å². The number of hydrogen-bond donors (Lipinski definition) is 2. The van der Waals surface area contributed by atoms with Crippen LogP contribution in [0.3, 0.4) is 0 Å².